The Morgan fingerprint density at radius 2 is 1.47 bits per heavy atom. The Kier molecular flexibility index (Phi) is 11.3. The van der Waals surface area contributed by atoms with Crippen LogP contribution in [-0.2, 0) is 20.1 Å². The van der Waals surface area contributed by atoms with Gasteiger partial charge in [0.1, 0.15) is 0 Å². The second-order valence-corrected chi connectivity index (χ2v) is 30.6. The summed E-state index contributed by atoms with van der Waals surface area (Å²) in [7, 11) is -1.23. The fourth-order valence-corrected chi connectivity index (χ4v) is 9.25. The van der Waals surface area contributed by atoms with Crippen molar-refractivity contribution >= 4 is 52.9 Å². The van der Waals surface area contributed by atoms with Crippen LogP contribution in [0.1, 0.15) is 25.3 Å². The quantitative estimate of drug-likeness (QED) is 0.123. The molecule has 0 aliphatic heterocycles. The van der Waals surface area contributed by atoms with E-state index in [0.29, 0.717) is 5.92 Å². The molecule has 0 aliphatic carbocycles. The molecule has 0 amide bonds. The molecule has 7 aromatic rings. The Morgan fingerprint density at radius 3 is 2.10 bits per heavy atom. The molecule has 0 N–H and O–H groups in total. The topological polar surface area (TPSA) is 38.9 Å². The molecular weight excluding hydrogens is 853 g/mol. The summed E-state index contributed by atoms with van der Waals surface area (Å²) in [4.78, 5) is 9.14. The van der Waals surface area contributed by atoms with Gasteiger partial charge in [0.25, 0.3) is 0 Å². The van der Waals surface area contributed by atoms with Crippen molar-refractivity contribution in [2.45, 2.75) is 56.7 Å². The number of aromatic nitrogens is 2. The van der Waals surface area contributed by atoms with Crippen LogP contribution in [0.2, 0.25) is 36.9 Å². The summed E-state index contributed by atoms with van der Waals surface area (Å²) in [5, 5.41) is 3.63. The molecule has 0 fully saturated rings. The van der Waals surface area contributed by atoms with Gasteiger partial charge in [-0.2, -0.15) is 0 Å². The van der Waals surface area contributed by atoms with Crippen LogP contribution in [0.15, 0.2) is 120 Å². The average Bonchev–Trinajstić information content (AvgIpc) is 3.46. The standard InChI is InChI=1S/C29H28GeNO.C14H16NSi.Ir/c1-19(2)21-15-16-31-27(17-21)26-8-6-7-25-24-14-11-22(18-28(24)32-29(25)26)20-9-12-23(13-10-20)30(3,4)5;1-16(2,3)13-9-10-14(15-11-13)12-7-5-4-6-8-12;/h6-7,9-19H,1-5H3;4-7,9-11H,1-3H3;/q2*-1;. The van der Waals surface area contributed by atoms with Crippen molar-refractivity contribution in [3.63, 3.8) is 0 Å². The van der Waals surface area contributed by atoms with Crippen LogP contribution in [0.5, 0.6) is 0 Å². The summed E-state index contributed by atoms with van der Waals surface area (Å²) in [6.07, 6.45) is 3.89. The molecule has 3 nitrogen and oxygen atoms in total. The third kappa shape index (κ3) is 8.41. The first-order valence-corrected chi connectivity index (χ1v) is 27.6. The number of nitrogens with zero attached hydrogens (tertiary/aromatic N) is 2. The Balaban J connectivity index is 0.000000233. The van der Waals surface area contributed by atoms with Gasteiger partial charge in [-0.05, 0) is 22.9 Å². The molecule has 0 bridgehead atoms. The minimum atomic E-state index is -1.81. The first kappa shape index (κ1) is 36.7. The van der Waals surface area contributed by atoms with E-state index in [1.807, 2.05) is 42.7 Å². The smallest absolute Gasteiger partial charge is 0.305 e. The first-order chi connectivity index (χ1) is 22.9. The Hall–Kier alpha value is -3.61. The van der Waals surface area contributed by atoms with Gasteiger partial charge in [0.15, 0.2) is 0 Å². The van der Waals surface area contributed by atoms with E-state index < -0.39 is 21.3 Å². The second kappa shape index (κ2) is 15.1. The summed E-state index contributed by atoms with van der Waals surface area (Å²) >= 11 is -1.81. The third-order valence-electron chi connectivity index (χ3n) is 8.84. The third-order valence-corrected chi connectivity index (χ3v) is 15.2. The van der Waals surface area contributed by atoms with E-state index >= 15 is 0 Å². The summed E-state index contributed by atoms with van der Waals surface area (Å²) < 4.78 is 7.94. The summed E-state index contributed by atoms with van der Waals surface area (Å²) in [6.45, 7) is 11.4. The molecule has 0 aliphatic rings. The molecule has 0 spiro atoms. The SMILES string of the molecule is CC(C)c1ccnc(-c2[c-]ccc3c2oc2cc(-c4cc[c]([Ge]([CH3])([CH3])[CH3])cc4)ccc23)c1.C[Si](C)(C)c1ccc(-c2[c-]cccc2)nc1.[Ir]. The Morgan fingerprint density at radius 1 is 0.714 bits per heavy atom. The molecule has 0 saturated heterocycles. The van der Waals surface area contributed by atoms with Crippen molar-refractivity contribution in [1.29, 1.82) is 0 Å². The normalized spacial score (nSPS) is 11.7. The van der Waals surface area contributed by atoms with E-state index in [1.54, 1.807) is 0 Å². The van der Waals surface area contributed by atoms with Gasteiger partial charge in [-0.25, -0.2) is 0 Å². The summed E-state index contributed by atoms with van der Waals surface area (Å²) in [5.74, 6) is 7.73. The zero-order valence-electron chi connectivity index (χ0n) is 29.7. The molecule has 3 heterocycles. The van der Waals surface area contributed by atoms with Crippen LogP contribution in [0.4, 0.5) is 0 Å². The number of pyridine rings is 2. The van der Waals surface area contributed by atoms with E-state index in [2.05, 4.69) is 146 Å². The molecular formula is C43H44GeIrN2OSi-2. The maximum absolute atomic E-state index is 6.42. The van der Waals surface area contributed by atoms with Crippen molar-refractivity contribution in [2.24, 2.45) is 0 Å². The van der Waals surface area contributed by atoms with Crippen molar-refractivity contribution < 1.29 is 24.5 Å². The molecule has 6 heteroatoms. The van der Waals surface area contributed by atoms with E-state index in [4.69, 9.17) is 4.42 Å². The molecule has 1 radical (unpaired) electrons. The van der Waals surface area contributed by atoms with Gasteiger partial charge in [-0.3, -0.25) is 0 Å². The molecule has 0 unspecified atom stereocenters. The molecule has 4 aromatic carbocycles. The Labute approximate surface area is 309 Å². The molecule has 7 rings (SSSR count). The second-order valence-electron chi connectivity index (χ2n) is 14.8. The van der Waals surface area contributed by atoms with Crippen molar-refractivity contribution in [3.8, 4) is 33.6 Å². The molecule has 0 saturated carbocycles. The molecule has 0 atom stereocenters. The van der Waals surface area contributed by atoms with Crippen LogP contribution in [0.25, 0.3) is 55.6 Å². The number of rotatable bonds is 6. The number of hydrogen-bond donors (Lipinski definition) is 0. The van der Waals surface area contributed by atoms with Gasteiger partial charge in [0.2, 0.25) is 0 Å². The number of fused-ring (bicyclic) bond motifs is 3. The van der Waals surface area contributed by atoms with Gasteiger partial charge in [-0.1, -0.05) is 51.2 Å². The van der Waals surface area contributed by atoms with Crippen LogP contribution in [0.3, 0.4) is 0 Å². The van der Waals surface area contributed by atoms with Crippen molar-refractivity contribution in [3.05, 3.63) is 133 Å². The minimum Gasteiger partial charge on any atom is -0.305 e. The van der Waals surface area contributed by atoms with Gasteiger partial charge < -0.3 is 4.98 Å². The van der Waals surface area contributed by atoms with Crippen LogP contribution >= 0.6 is 0 Å². The average molecular weight is 898 g/mol. The van der Waals surface area contributed by atoms with E-state index in [1.165, 1.54) is 26.3 Å². The van der Waals surface area contributed by atoms with Crippen LogP contribution in [-0.4, -0.2) is 31.3 Å². The fraction of sp³-hybridized carbons (Fsp3) is 0.209. The zero-order valence-corrected chi connectivity index (χ0v) is 35.2. The van der Waals surface area contributed by atoms with E-state index in [9.17, 15) is 0 Å². The van der Waals surface area contributed by atoms with Crippen molar-refractivity contribution in [2.75, 3.05) is 0 Å². The number of benzene rings is 4. The maximum atomic E-state index is 6.42. The molecule has 3 aromatic heterocycles. The van der Waals surface area contributed by atoms with Crippen LogP contribution in [0, 0.1) is 12.1 Å². The first-order valence-electron chi connectivity index (χ1n) is 16.8. The molecule has 49 heavy (non-hydrogen) atoms. The fourth-order valence-electron chi connectivity index (χ4n) is 5.77. The Bertz CT molecular complexity index is 2160. The van der Waals surface area contributed by atoms with Crippen molar-refractivity contribution in [1.82, 2.24) is 9.97 Å². The summed E-state index contributed by atoms with van der Waals surface area (Å²) in [6, 6.07) is 42.7. The predicted octanol–water partition coefficient (Wildman–Crippen LogP) is 10.9. The number of furan rings is 1. The van der Waals surface area contributed by atoms with E-state index in [-0.39, 0.29) is 20.1 Å². The minimum absolute atomic E-state index is 0. The van der Waals surface area contributed by atoms with Gasteiger partial charge >= 0.3 is 155 Å². The van der Waals surface area contributed by atoms with Crippen LogP contribution < -0.4 is 9.58 Å². The summed E-state index contributed by atoms with van der Waals surface area (Å²) in [5.41, 5.74) is 9.30. The zero-order chi connectivity index (χ0) is 34.1. The predicted molar refractivity (Wildman–Crippen MR) is 210 cm³/mol. The van der Waals surface area contributed by atoms with Gasteiger partial charge in [0.05, 0.1) is 8.07 Å². The van der Waals surface area contributed by atoms with Gasteiger partial charge in [0, 0.05) is 32.5 Å². The van der Waals surface area contributed by atoms with E-state index in [0.717, 1.165) is 44.5 Å². The molecule has 251 valence electrons. The monoisotopic (exact) mass is 899 g/mol. The van der Waals surface area contributed by atoms with Gasteiger partial charge in [-0.15, -0.1) is 35.9 Å². The number of hydrogen-bond acceptors (Lipinski definition) is 3.